The van der Waals surface area contributed by atoms with Crippen LogP contribution < -0.4 is 4.74 Å². The highest BCUT2D eigenvalue weighted by Gasteiger charge is 2.41. The fraction of sp³-hybridized carbons (Fsp3) is 0.556. The van der Waals surface area contributed by atoms with Gasteiger partial charge in [-0.15, -0.1) is 0 Å². The molecule has 4 amide bonds. The highest BCUT2D eigenvalue weighted by atomic mass is 16.5. The van der Waals surface area contributed by atoms with Crippen LogP contribution in [-0.4, -0.2) is 52.1 Å². The van der Waals surface area contributed by atoms with E-state index in [1.54, 1.807) is 9.80 Å². The van der Waals surface area contributed by atoms with Crippen molar-refractivity contribution in [1.29, 1.82) is 0 Å². The molecule has 7 rings (SSSR count). The molecule has 0 radical (unpaired) electrons. The van der Waals surface area contributed by atoms with Gasteiger partial charge in [-0.05, 0) is 77.4 Å². The maximum atomic E-state index is 14.9. The Bertz CT molecular complexity index is 2330. The first-order valence-corrected chi connectivity index (χ1v) is 24.3. The van der Waals surface area contributed by atoms with Crippen LogP contribution in [0.25, 0.3) is 43.1 Å². The molecule has 0 aliphatic carbocycles. The topological polar surface area (TPSA) is 84.0 Å². The Hall–Kier alpha value is -4.52. The van der Waals surface area contributed by atoms with E-state index in [9.17, 15) is 19.2 Å². The lowest BCUT2D eigenvalue weighted by Gasteiger charge is -2.36. The first kappa shape index (κ1) is 44.5. The summed E-state index contributed by atoms with van der Waals surface area (Å²) >= 11 is 0. The zero-order valence-corrected chi connectivity index (χ0v) is 38.1. The van der Waals surface area contributed by atoms with E-state index < -0.39 is 0 Å². The van der Waals surface area contributed by atoms with Crippen molar-refractivity contribution in [3.63, 3.8) is 0 Å². The number of carbonyl (C=O) groups is 4. The van der Waals surface area contributed by atoms with Crippen LogP contribution >= 0.6 is 0 Å². The molecular weight excluding hydrogens is 757 g/mol. The molecule has 0 saturated heterocycles. The normalized spacial score (nSPS) is 14.3. The Morgan fingerprint density at radius 1 is 0.426 bits per heavy atom. The zero-order chi connectivity index (χ0) is 43.2. The predicted octanol–water partition coefficient (Wildman–Crippen LogP) is 14.6. The highest BCUT2D eigenvalue weighted by molar-refractivity contribution is 6.42. The van der Waals surface area contributed by atoms with E-state index in [-0.39, 0.29) is 41.6 Å². The van der Waals surface area contributed by atoms with Crippen molar-refractivity contribution in [1.82, 2.24) is 9.80 Å². The van der Waals surface area contributed by atoms with Gasteiger partial charge in [-0.1, -0.05) is 162 Å². The number of ether oxygens (including phenoxy) is 1. The summed E-state index contributed by atoms with van der Waals surface area (Å²) in [6.07, 6.45) is 20.7. The van der Waals surface area contributed by atoms with Crippen molar-refractivity contribution in [2.45, 2.75) is 182 Å². The lowest BCUT2D eigenvalue weighted by Crippen LogP contribution is -2.47. The van der Waals surface area contributed by atoms with Crippen molar-refractivity contribution in [2.75, 3.05) is 6.61 Å². The molecule has 0 fully saturated rings. The molecule has 5 aromatic rings. The predicted molar refractivity (Wildman–Crippen MR) is 252 cm³/mol. The van der Waals surface area contributed by atoms with E-state index in [2.05, 4.69) is 41.5 Å². The molecule has 2 aliphatic heterocycles. The first-order chi connectivity index (χ1) is 29.7. The first-order valence-electron chi connectivity index (χ1n) is 24.3. The third-order valence-electron chi connectivity index (χ3n) is 13.6. The van der Waals surface area contributed by atoms with E-state index in [0.29, 0.717) is 45.4 Å². The molecule has 0 spiro atoms. The molecule has 326 valence electrons. The summed E-state index contributed by atoms with van der Waals surface area (Å²) in [4.78, 5) is 62.4. The summed E-state index contributed by atoms with van der Waals surface area (Å²) in [7, 11) is 0. The monoisotopic (exact) mass is 827 g/mol. The van der Waals surface area contributed by atoms with Gasteiger partial charge >= 0.3 is 0 Å². The average molecular weight is 827 g/mol. The summed E-state index contributed by atoms with van der Waals surface area (Å²) in [6.45, 7) is 13.5. The minimum atomic E-state index is -0.238. The number of fused-ring (bicyclic) bond motifs is 2. The van der Waals surface area contributed by atoms with Crippen molar-refractivity contribution < 1.29 is 23.9 Å². The number of hydrogen-bond donors (Lipinski definition) is 0. The number of unbranched alkanes of at least 4 members (excludes halogenated alkanes) is 12. The van der Waals surface area contributed by atoms with Gasteiger partial charge in [-0.3, -0.25) is 29.0 Å². The molecule has 7 heteroatoms. The molecule has 0 unspecified atom stereocenters. The van der Waals surface area contributed by atoms with Gasteiger partial charge in [0.1, 0.15) is 5.75 Å². The number of amides is 4. The maximum absolute atomic E-state index is 14.9. The number of carbonyl (C=O) groups excluding carboxylic acids is 4. The van der Waals surface area contributed by atoms with Crippen LogP contribution in [0.4, 0.5) is 0 Å². The van der Waals surface area contributed by atoms with Gasteiger partial charge in [-0.25, -0.2) is 0 Å². The summed E-state index contributed by atoms with van der Waals surface area (Å²) in [6, 6.07) is 13.4. The summed E-state index contributed by atoms with van der Waals surface area (Å²) in [5.74, 6) is -0.0474. The third kappa shape index (κ3) is 8.65. The van der Waals surface area contributed by atoms with Gasteiger partial charge in [0.15, 0.2) is 0 Å². The van der Waals surface area contributed by atoms with Crippen molar-refractivity contribution in [3.05, 3.63) is 64.7 Å². The maximum Gasteiger partial charge on any atom is 0.261 e. The average Bonchev–Trinajstić information content (AvgIpc) is 3.26. The van der Waals surface area contributed by atoms with E-state index >= 15 is 0 Å². The number of nitrogens with zero attached hydrogens (tertiary/aromatic N) is 2. The molecule has 0 bridgehead atoms. The van der Waals surface area contributed by atoms with E-state index in [1.807, 2.05) is 42.5 Å². The molecule has 0 saturated carbocycles. The summed E-state index contributed by atoms with van der Waals surface area (Å²) in [5.41, 5.74) is 2.19. The minimum absolute atomic E-state index is 0.140. The SMILES string of the molecule is CCCCCCC(CCCCCC)N1C(=O)c2ccc3c4ccc5c6c(cc(OCC(C)C)c(c7ccc(c2c37)C1=O)c64)C(=O)N(C(CCCCCC)CCCCCC)C5=O. The molecule has 61 heavy (non-hydrogen) atoms. The van der Waals surface area contributed by atoms with Crippen molar-refractivity contribution >= 4 is 66.7 Å². The standard InChI is InChI=1S/C54H70N2O5/c1-7-11-15-19-23-36(24-20-16-12-8-2)55-51(57)41-30-27-38-39-28-31-43-48-44(54(60)56(53(43)59)37(25-21-17-13-9-3)26-22-18-14-10-4)33-45(61-34-35(5)6)49(50(39)48)40-29-32-42(52(55)58)47(41)46(38)40/h27-33,35-37H,7-26,34H2,1-6H3. The fourth-order valence-electron chi connectivity index (χ4n) is 10.4. The Morgan fingerprint density at radius 2 is 0.803 bits per heavy atom. The number of benzene rings is 5. The van der Waals surface area contributed by atoms with Crippen molar-refractivity contribution in [3.8, 4) is 5.75 Å². The van der Waals surface area contributed by atoms with Gasteiger partial charge in [-0.2, -0.15) is 0 Å². The van der Waals surface area contributed by atoms with Gasteiger partial charge in [0, 0.05) is 50.3 Å². The van der Waals surface area contributed by atoms with Crippen molar-refractivity contribution in [2.24, 2.45) is 5.92 Å². The lowest BCUT2D eigenvalue weighted by molar-refractivity contribution is 0.0501. The van der Waals surface area contributed by atoms with E-state index in [1.165, 1.54) is 0 Å². The lowest BCUT2D eigenvalue weighted by atomic mass is 9.81. The second kappa shape index (κ2) is 20.1. The molecular formula is C54H70N2O5. The number of hydrogen-bond acceptors (Lipinski definition) is 5. The number of rotatable bonds is 25. The van der Waals surface area contributed by atoms with Crippen LogP contribution in [0, 0.1) is 5.92 Å². The van der Waals surface area contributed by atoms with Crippen LogP contribution in [0.3, 0.4) is 0 Å². The van der Waals surface area contributed by atoms with Crippen LogP contribution in [0.1, 0.15) is 211 Å². The highest BCUT2D eigenvalue weighted by Crippen LogP contribution is 2.50. The van der Waals surface area contributed by atoms with Gasteiger partial charge in [0.05, 0.1) is 12.2 Å². The molecule has 0 N–H and O–H groups in total. The Labute approximate surface area is 364 Å². The Morgan fingerprint density at radius 3 is 1.21 bits per heavy atom. The van der Waals surface area contributed by atoms with Gasteiger partial charge < -0.3 is 4.74 Å². The smallest absolute Gasteiger partial charge is 0.261 e. The van der Waals surface area contributed by atoms with Crippen LogP contribution in [-0.2, 0) is 0 Å². The molecule has 7 nitrogen and oxygen atoms in total. The minimum Gasteiger partial charge on any atom is -0.493 e. The largest absolute Gasteiger partial charge is 0.493 e. The summed E-state index contributed by atoms with van der Waals surface area (Å²) in [5, 5.41) is 6.54. The molecule has 0 aromatic heterocycles. The molecule has 2 aliphatic rings. The second-order valence-corrected chi connectivity index (χ2v) is 18.6. The Kier molecular flexibility index (Phi) is 14.7. The Balaban J connectivity index is 1.38. The van der Waals surface area contributed by atoms with Crippen LogP contribution in [0.2, 0.25) is 0 Å². The van der Waals surface area contributed by atoms with Gasteiger partial charge in [0.2, 0.25) is 0 Å². The molecule has 5 aromatic carbocycles. The third-order valence-corrected chi connectivity index (χ3v) is 13.6. The van der Waals surface area contributed by atoms with Gasteiger partial charge in [0.25, 0.3) is 23.6 Å². The molecule has 0 atom stereocenters. The fourth-order valence-corrected chi connectivity index (χ4v) is 10.4. The zero-order valence-electron chi connectivity index (χ0n) is 38.1. The summed E-state index contributed by atoms with van der Waals surface area (Å²) < 4.78 is 6.70. The van der Waals surface area contributed by atoms with E-state index in [4.69, 9.17) is 4.74 Å². The van der Waals surface area contributed by atoms with E-state index in [0.717, 1.165) is 161 Å². The van der Waals surface area contributed by atoms with Crippen LogP contribution in [0.5, 0.6) is 5.75 Å². The second-order valence-electron chi connectivity index (χ2n) is 18.6. The number of imide groups is 2. The quantitative estimate of drug-likeness (QED) is 0.0253. The molecule has 2 heterocycles. The van der Waals surface area contributed by atoms with Crippen LogP contribution in [0.15, 0.2) is 42.5 Å².